The van der Waals surface area contributed by atoms with E-state index in [0.29, 0.717) is 15.9 Å². The fourth-order valence-corrected chi connectivity index (χ4v) is 4.05. The van der Waals surface area contributed by atoms with Crippen LogP contribution in [0.5, 0.6) is 5.75 Å². The molecule has 2 aromatic carbocycles. The Labute approximate surface area is 167 Å². The summed E-state index contributed by atoms with van der Waals surface area (Å²) in [7, 11) is -3.91. The second-order valence-electron chi connectivity index (χ2n) is 5.10. The number of halogens is 2. The lowest BCUT2D eigenvalue weighted by Crippen LogP contribution is -2.28. The molecule has 0 saturated carbocycles. The van der Waals surface area contributed by atoms with Gasteiger partial charge in [0.25, 0.3) is 15.9 Å². The first-order valence-electron chi connectivity index (χ1n) is 7.18. The number of anilines is 1. The topological polar surface area (TPSA) is 102 Å². The van der Waals surface area contributed by atoms with Crippen LogP contribution in [0.15, 0.2) is 56.3 Å². The Morgan fingerprint density at radius 1 is 1.08 bits per heavy atom. The first-order valence-corrected chi connectivity index (χ1v) is 10.3. The van der Waals surface area contributed by atoms with Gasteiger partial charge in [-0.05, 0) is 58.4 Å². The molecular weight excluding hydrogens is 492 g/mol. The van der Waals surface area contributed by atoms with Gasteiger partial charge in [-0.25, -0.2) is 13.1 Å². The van der Waals surface area contributed by atoms with Crippen LogP contribution in [0.3, 0.4) is 0 Å². The summed E-state index contributed by atoms with van der Waals surface area (Å²) in [6.07, 6.45) is 0. The van der Waals surface area contributed by atoms with Crippen LogP contribution in [0.25, 0.3) is 0 Å². The lowest BCUT2D eigenvalue weighted by molar-refractivity contribution is -0.118. The molecule has 0 atom stereocenters. The minimum absolute atomic E-state index is 0.0826. The molecule has 0 aliphatic rings. The average Bonchev–Trinajstić information content (AvgIpc) is 2.53. The molecule has 2 amide bonds. The fraction of sp³-hybridized carbons (Fsp3) is 0.125. The fourth-order valence-electron chi connectivity index (χ4n) is 1.90. The van der Waals surface area contributed by atoms with Crippen LogP contribution in [0.4, 0.5) is 5.69 Å². The van der Waals surface area contributed by atoms with Crippen molar-refractivity contribution in [1.82, 2.24) is 4.72 Å². The molecule has 2 rings (SSSR count). The van der Waals surface area contributed by atoms with E-state index in [1.807, 2.05) is 4.72 Å². The van der Waals surface area contributed by atoms with Crippen molar-refractivity contribution in [3.05, 3.63) is 51.4 Å². The van der Waals surface area contributed by atoms with Crippen molar-refractivity contribution >= 4 is 59.4 Å². The molecule has 7 nitrogen and oxygen atoms in total. The zero-order chi connectivity index (χ0) is 19.3. The summed E-state index contributed by atoms with van der Waals surface area (Å²) in [5.41, 5.74) is 0.398. The highest BCUT2D eigenvalue weighted by molar-refractivity contribution is 9.11. The molecule has 0 fully saturated rings. The van der Waals surface area contributed by atoms with E-state index >= 15 is 0 Å². The number of benzene rings is 2. The van der Waals surface area contributed by atoms with Gasteiger partial charge in [-0.15, -0.1) is 0 Å². The Hall–Kier alpha value is -1.91. The van der Waals surface area contributed by atoms with Gasteiger partial charge >= 0.3 is 0 Å². The Kier molecular flexibility index (Phi) is 6.79. The van der Waals surface area contributed by atoms with E-state index < -0.39 is 21.8 Å². The predicted molar refractivity (Wildman–Crippen MR) is 103 cm³/mol. The standard InChI is InChI=1S/C16H14Br2N2O5S/c1-10(21)20-26(23,24)13-5-3-12(4-6-13)19-16(22)9-25-15-7-2-11(17)8-14(15)18/h2-8H,9H2,1H3,(H,19,22)(H,20,21). The van der Waals surface area contributed by atoms with Gasteiger partial charge in [-0.2, -0.15) is 0 Å². The van der Waals surface area contributed by atoms with Crippen molar-refractivity contribution in [2.24, 2.45) is 0 Å². The lowest BCUT2D eigenvalue weighted by Gasteiger charge is -2.10. The third-order valence-electron chi connectivity index (χ3n) is 2.98. The molecule has 26 heavy (non-hydrogen) atoms. The number of hydrogen-bond acceptors (Lipinski definition) is 5. The van der Waals surface area contributed by atoms with Crippen molar-refractivity contribution in [1.29, 1.82) is 0 Å². The lowest BCUT2D eigenvalue weighted by atomic mass is 10.3. The van der Waals surface area contributed by atoms with Gasteiger partial charge in [-0.1, -0.05) is 15.9 Å². The molecule has 0 aliphatic carbocycles. The van der Waals surface area contributed by atoms with Crippen molar-refractivity contribution in [3.8, 4) is 5.75 Å². The second kappa shape index (κ2) is 8.65. The van der Waals surface area contributed by atoms with Crippen LogP contribution >= 0.6 is 31.9 Å². The summed E-state index contributed by atoms with van der Waals surface area (Å²) in [6.45, 7) is 0.891. The minimum Gasteiger partial charge on any atom is -0.483 e. The molecule has 0 unspecified atom stereocenters. The molecule has 2 N–H and O–H groups in total. The normalized spacial score (nSPS) is 10.9. The van der Waals surface area contributed by atoms with Crippen LogP contribution in [0, 0.1) is 0 Å². The van der Waals surface area contributed by atoms with Gasteiger partial charge in [0, 0.05) is 17.1 Å². The summed E-state index contributed by atoms with van der Waals surface area (Å²) >= 11 is 6.66. The van der Waals surface area contributed by atoms with Crippen LogP contribution < -0.4 is 14.8 Å². The number of rotatable bonds is 6. The zero-order valence-electron chi connectivity index (χ0n) is 13.5. The van der Waals surface area contributed by atoms with E-state index in [1.165, 1.54) is 24.3 Å². The Morgan fingerprint density at radius 2 is 1.73 bits per heavy atom. The number of sulfonamides is 1. The molecule has 0 radical (unpaired) electrons. The third-order valence-corrected chi connectivity index (χ3v) is 5.54. The maximum absolute atomic E-state index is 12.0. The van der Waals surface area contributed by atoms with Crippen LogP contribution in [0.2, 0.25) is 0 Å². The van der Waals surface area contributed by atoms with Crippen LogP contribution in [-0.4, -0.2) is 26.8 Å². The monoisotopic (exact) mass is 504 g/mol. The maximum atomic E-state index is 12.0. The summed E-state index contributed by atoms with van der Waals surface area (Å²) in [6, 6.07) is 10.7. The molecule has 0 aliphatic heterocycles. The van der Waals surface area contributed by atoms with Gasteiger partial charge < -0.3 is 10.1 Å². The van der Waals surface area contributed by atoms with Crippen LogP contribution in [-0.2, 0) is 19.6 Å². The van der Waals surface area contributed by atoms with Crippen molar-refractivity contribution in [2.75, 3.05) is 11.9 Å². The summed E-state index contributed by atoms with van der Waals surface area (Å²) in [4.78, 5) is 22.8. The number of hydrogen-bond donors (Lipinski definition) is 2. The van der Waals surface area contributed by atoms with E-state index in [2.05, 4.69) is 37.2 Å². The van der Waals surface area contributed by atoms with Gasteiger partial charge in [0.15, 0.2) is 6.61 Å². The number of ether oxygens (including phenoxy) is 1. The average molecular weight is 506 g/mol. The summed E-state index contributed by atoms with van der Waals surface area (Å²) in [5, 5.41) is 2.59. The SMILES string of the molecule is CC(=O)NS(=O)(=O)c1ccc(NC(=O)COc2ccc(Br)cc2Br)cc1. The predicted octanol–water partition coefficient (Wildman–Crippen LogP) is 3.05. The third kappa shape index (κ3) is 5.82. The molecular formula is C16H14Br2N2O5S. The highest BCUT2D eigenvalue weighted by Gasteiger charge is 2.15. The molecule has 0 saturated heterocycles. The largest absolute Gasteiger partial charge is 0.483 e. The van der Waals surface area contributed by atoms with E-state index in [-0.39, 0.29) is 11.5 Å². The van der Waals surface area contributed by atoms with Crippen molar-refractivity contribution in [2.45, 2.75) is 11.8 Å². The van der Waals surface area contributed by atoms with E-state index in [4.69, 9.17) is 4.74 Å². The van der Waals surface area contributed by atoms with E-state index in [1.54, 1.807) is 18.2 Å². The zero-order valence-corrected chi connectivity index (χ0v) is 17.4. The molecule has 0 aromatic heterocycles. The second-order valence-corrected chi connectivity index (χ2v) is 8.55. The summed E-state index contributed by atoms with van der Waals surface area (Å²) < 4.78 is 32.5. The minimum atomic E-state index is -3.91. The quantitative estimate of drug-likeness (QED) is 0.628. The number of nitrogens with one attached hydrogen (secondary N) is 2. The van der Waals surface area contributed by atoms with Gasteiger partial charge in [0.1, 0.15) is 5.75 Å². The number of carbonyl (C=O) groups excluding carboxylic acids is 2. The Balaban J connectivity index is 1.96. The molecule has 0 heterocycles. The molecule has 0 bridgehead atoms. The highest BCUT2D eigenvalue weighted by atomic mass is 79.9. The molecule has 0 spiro atoms. The maximum Gasteiger partial charge on any atom is 0.264 e. The van der Waals surface area contributed by atoms with Gasteiger partial charge in [-0.3, -0.25) is 9.59 Å². The Bertz CT molecular complexity index is 930. The molecule has 2 aromatic rings. The first-order chi connectivity index (χ1) is 12.2. The Morgan fingerprint density at radius 3 is 2.31 bits per heavy atom. The van der Waals surface area contributed by atoms with E-state index in [9.17, 15) is 18.0 Å². The van der Waals surface area contributed by atoms with E-state index in [0.717, 1.165) is 11.4 Å². The van der Waals surface area contributed by atoms with Crippen molar-refractivity contribution < 1.29 is 22.7 Å². The number of carbonyl (C=O) groups is 2. The summed E-state index contributed by atoms with van der Waals surface area (Å²) in [5.74, 6) is -0.573. The molecule has 10 heteroatoms. The first kappa shape index (κ1) is 20.4. The van der Waals surface area contributed by atoms with Crippen LogP contribution in [0.1, 0.15) is 6.92 Å². The van der Waals surface area contributed by atoms with Gasteiger partial charge in [0.2, 0.25) is 5.91 Å². The number of amides is 2. The van der Waals surface area contributed by atoms with Crippen molar-refractivity contribution in [3.63, 3.8) is 0 Å². The highest BCUT2D eigenvalue weighted by Crippen LogP contribution is 2.28. The molecule has 138 valence electrons. The smallest absolute Gasteiger partial charge is 0.264 e. The van der Waals surface area contributed by atoms with Gasteiger partial charge in [0.05, 0.1) is 9.37 Å².